The molecule has 0 saturated heterocycles. The van der Waals surface area contributed by atoms with Crippen LogP contribution in [0.2, 0.25) is 5.02 Å². The smallest absolute Gasteiger partial charge is 0.244 e. The number of nitrogens with zero attached hydrogens (tertiary/aromatic N) is 2. The van der Waals surface area contributed by atoms with Gasteiger partial charge in [0.25, 0.3) is 0 Å². The van der Waals surface area contributed by atoms with Crippen molar-refractivity contribution < 1.29 is 9.18 Å². The predicted octanol–water partition coefficient (Wildman–Crippen LogP) is 3.06. The van der Waals surface area contributed by atoms with Gasteiger partial charge < -0.3 is 11.1 Å². The van der Waals surface area contributed by atoms with Crippen LogP contribution in [0.5, 0.6) is 0 Å². The minimum absolute atomic E-state index is 0.390. The van der Waals surface area contributed by atoms with Gasteiger partial charge in [-0.05, 0) is 35.9 Å². The summed E-state index contributed by atoms with van der Waals surface area (Å²) in [6.07, 6.45) is 1.36. The minimum Gasteiger partial charge on any atom is -0.368 e. The second-order valence-electron chi connectivity index (χ2n) is 4.92. The molecular weight excluding hydrogens is 319 g/mol. The van der Waals surface area contributed by atoms with Gasteiger partial charge in [-0.2, -0.15) is 0 Å². The first-order valence-corrected chi connectivity index (χ1v) is 7.14. The number of anilines is 1. The molecule has 1 unspecified atom stereocenters. The number of carbonyl (C=O) groups excluding carboxylic acids is 1. The van der Waals surface area contributed by atoms with Gasteiger partial charge in [0.15, 0.2) is 0 Å². The van der Waals surface area contributed by atoms with Crippen LogP contribution in [0.4, 0.5) is 10.2 Å². The minimum atomic E-state index is -0.843. The molecule has 0 fully saturated rings. The standard InChI is InChI=1S/C16H12ClFN4O/c17-10-3-6-12-13(7-10)20-8-21-16(12)22-14(15(19)23)9-1-4-11(18)5-2-9/h1-8,14H,(H2,19,23)(H,20,21,22). The number of nitrogens with two attached hydrogens (primary N) is 1. The molecule has 0 aliphatic rings. The van der Waals surface area contributed by atoms with E-state index >= 15 is 0 Å². The van der Waals surface area contributed by atoms with Gasteiger partial charge in [-0.3, -0.25) is 4.79 Å². The molecule has 1 atom stereocenters. The third kappa shape index (κ3) is 3.22. The Balaban J connectivity index is 2.01. The average Bonchev–Trinajstić information content (AvgIpc) is 2.53. The fourth-order valence-corrected chi connectivity index (χ4v) is 2.42. The lowest BCUT2D eigenvalue weighted by atomic mass is 10.1. The van der Waals surface area contributed by atoms with Crippen molar-refractivity contribution in [3.63, 3.8) is 0 Å². The van der Waals surface area contributed by atoms with Crippen molar-refractivity contribution in [3.8, 4) is 0 Å². The third-order valence-electron chi connectivity index (χ3n) is 3.37. The van der Waals surface area contributed by atoms with Crippen LogP contribution >= 0.6 is 11.6 Å². The molecule has 0 spiro atoms. The van der Waals surface area contributed by atoms with Crippen molar-refractivity contribution in [1.82, 2.24) is 9.97 Å². The van der Waals surface area contributed by atoms with E-state index in [9.17, 15) is 9.18 Å². The van der Waals surface area contributed by atoms with E-state index in [4.69, 9.17) is 17.3 Å². The van der Waals surface area contributed by atoms with Crippen LogP contribution in [-0.2, 0) is 4.79 Å². The van der Waals surface area contributed by atoms with Crippen LogP contribution in [0.1, 0.15) is 11.6 Å². The third-order valence-corrected chi connectivity index (χ3v) is 3.60. The van der Waals surface area contributed by atoms with Gasteiger partial charge in [0.1, 0.15) is 24.0 Å². The number of benzene rings is 2. The number of nitrogens with one attached hydrogen (secondary N) is 1. The van der Waals surface area contributed by atoms with E-state index < -0.39 is 11.9 Å². The molecule has 0 aliphatic heterocycles. The molecule has 1 aromatic heterocycles. The van der Waals surface area contributed by atoms with Crippen LogP contribution in [-0.4, -0.2) is 15.9 Å². The molecule has 1 heterocycles. The fourth-order valence-electron chi connectivity index (χ4n) is 2.26. The molecule has 0 radical (unpaired) electrons. The summed E-state index contributed by atoms with van der Waals surface area (Å²) in [5.74, 6) is -0.545. The zero-order valence-corrected chi connectivity index (χ0v) is 12.6. The van der Waals surface area contributed by atoms with Crippen molar-refractivity contribution in [3.05, 3.63) is 65.2 Å². The summed E-state index contributed by atoms with van der Waals surface area (Å²) in [5.41, 5.74) is 6.64. The van der Waals surface area contributed by atoms with E-state index in [2.05, 4.69) is 15.3 Å². The van der Waals surface area contributed by atoms with Crippen molar-refractivity contribution in [2.45, 2.75) is 6.04 Å². The quantitative estimate of drug-likeness (QED) is 0.770. The van der Waals surface area contributed by atoms with Gasteiger partial charge in [-0.1, -0.05) is 23.7 Å². The zero-order valence-electron chi connectivity index (χ0n) is 11.8. The Morgan fingerprint density at radius 2 is 1.91 bits per heavy atom. The molecule has 7 heteroatoms. The van der Waals surface area contributed by atoms with Gasteiger partial charge in [0.2, 0.25) is 5.91 Å². The Hall–Kier alpha value is -2.73. The molecule has 0 aliphatic carbocycles. The lowest BCUT2D eigenvalue weighted by Gasteiger charge is -2.17. The first-order chi connectivity index (χ1) is 11.0. The van der Waals surface area contributed by atoms with Crippen molar-refractivity contribution >= 4 is 34.2 Å². The molecule has 2 aromatic carbocycles. The maximum Gasteiger partial charge on any atom is 0.244 e. The van der Waals surface area contributed by atoms with Crippen LogP contribution < -0.4 is 11.1 Å². The SMILES string of the molecule is NC(=O)C(Nc1ncnc2cc(Cl)ccc12)c1ccc(F)cc1. The van der Waals surface area contributed by atoms with Gasteiger partial charge in [0, 0.05) is 10.4 Å². The molecule has 0 saturated carbocycles. The maximum absolute atomic E-state index is 13.1. The Labute approximate surface area is 136 Å². The Morgan fingerprint density at radius 1 is 1.17 bits per heavy atom. The summed E-state index contributed by atoms with van der Waals surface area (Å²) >= 11 is 5.95. The van der Waals surface area contributed by atoms with Gasteiger partial charge in [-0.25, -0.2) is 14.4 Å². The number of halogens is 2. The average molecular weight is 331 g/mol. The maximum atomic E-state index is 13.1. The van der Waals surface area contributed by atoms with E-state index in [1.807, 2.05) is 0 Å². The van der Waals surface area contributed by atoms with E-state index in [-0.39, 0.29) is 5.82 Å². The largest absolute Gasteiger partial charge is 0.368 e. The fraction of sp³-hybridized carbons (Fsp3) is 0.0625. The summed E-state index contributed by atoms with van der Waals surface area (Å²) in [5, 5.41) is 4.23. The van der Waals surface area contributed by atoms with Gasteiger partial charge in [-0.15, -0.1) is 0 Å². The lowest BCUT2D eigenvalue weighted by Crippen LogP contribution is -2.28. The highest BCUT2D eigenvalue weighted by atomic mass is 35.5. The first kappa shape index (κ1) is 15.2. The molecule has 0 bridgehead atoms. The summed E-state index contributed by atoms with van der Waals surface area (Å²) in [6, 6.07) is 9.84. The molecule has 5 nitrogen and oxygen atoms in total. The highest BCUT2D eigenvalue weighted by Crippen LogP contribution is 2.26. The van der Waals surface area contributed by atoms with E-state index in [0.29, 0.717) is 27.3 Å². The molecule has 3 aromatic rings. The number of hydrogen-bond donors (Lipinski definition) is 2. The Morgan fingerprint density at radius 3 is 2.61 bits per heavy atom. The first-order valence-electron chi connectivity index (χ1n) is 6.76. The van der Waals surface area contributed by atoms with E-state index in [1.54, 1.807) is 18.2 Å². The molecular formula is C16H12ClFN4O. The van der Waals surface area contributed by atoms with Gasteiger partial charge in [0.05, 0.1) is 5.52 Å². The van der Waals surface area contributed by atoms with Crippen LogP contribution in [0, 0.1) is 5.82 Å². The van der Waals surface area contributed by atoms with Crippen LogP contribution in [0.15, 0.2) is 48.8 Å². The number of hydrogen-bond acceptors (Lipinski definition) is 4. The summed E-state index contributed by atoms with van der Waals surface area (Å²) < 4.78 is 13.1. The van der Waals surface area contributed by atoms with Crippen molar-refractivity contribution in [2.75, 3.05) is 5.32 Å². The van der Waals surface area contributed by atoms with E-state index in [1.165, 1.54) is 30.6 Å². The molecule has 116 valence electrons. The monoisotopic (exact) mass is 330 g/mol. The highest BCUT2D eigenvalue weighted by Gasteiger charge is 2.19. The van der Waals surface area contributed by atoms with E-state index in [0.717, 1.165) is 0 Å². The topological polar surface area (TPSA) is 80.9 Å². The predicted molar refractivity (Wildman–Crippen MR) is 86.5 cm³/mol. The Kier molecular flexibility index (Phi) is 4.08. The number of fused-ring (bicyclic) bond motifs is 1. The summed E-state index contributed by atoms with van der Waals surface area (Å²) in [4.78, 5) is 20.1. The number of primary amides is 1. The lowest BCUT2D eigenvalue weighted by molar-refractivity contribution is -0.118. The second kappa shape index (κ2) is 6.18. The molecule has 3 N–H and O–H groups in total. The number of aromatic nitrogens is 2. The van der Waals surface area contributed by atoms with Crippen LogP contribution in [0.3, 0.4) is 0 Å². The number of rotatable bonds is 4. The summed E-state index contributed by atoms with van der Waals surface area (Å²) in [7, 11) is 0. The van der Waals surface area contributed by atoms with Crippen molar-refractivity contribution in [1.29, 1.82) is 0 Å². The number of amides is 1. The zero-order chi connectivity index (χ0) is 16.4. The highest BCUT2D eigenvalue weighted by molar-refractivity contribution is 6.31. The molecule has 23 heavy (non-hydrogen) atoms. The second-order valence-corrected chi connectivity index (χ2v) is 5.35. The van der Waals surface area contributed by atoms with Crippen molar-refractivity contribution in [2.24, 2.45) is 5.73 Å². The number of carbonyl (C=O) groups is 1. The molecule has 3 rings (SSSR count). The summed E-state index contributed by atoms with van der Waals surface area (Å²) in [6.45, 7) is 0. The molecule has 1 amide bonds. The Bertz CT molecular complexity index is 870. The van der Waals surface area contributed by atoms with Crippen LogP contribution in [0.25, 0.3) is 10.9 Å². The van der Waals surface area contributed by atoms with Gasteiger partial charge >= 0.3 is 0 Å². The normalized spacial score (nSPS) is 12.1.